The third-order valence-electron chi connectivity index (χ3n) is 9.07. The molecule has 1 saturated heterocycles. The predicted octanol–water partition coefficient (Wildman–Crippen LogP) is 5.20. The summed E-state index contributed by atoms with van der Waals surface area (Å²) in [6.07, 6.45) is 9.01. The third kappa shape index (κ3) is 3.71. The van der Waals surface area contributed by atoms with Crippen LogP contribution < -0.4 is 0 Å². The number of methoxy groups -OCH3 is 1. The molecule has 0 aromatic rings. The number of rotatable bonds is 4. The quantitative estimate of drug-likeness (QED) is 0.359. The lowest BCUT2D eigenvalue weighted by molar-refractivity contribution is -0.157. The van der Waals surface area contributed by atoms with E-state index >= 15 is 0 Å². The predicted molar refractivity (Wildman–Crippen MR) is 116 cm³/mol. The van der Waals surface area contributed by atoms with Crippen LogP contribution in [0.4, 0.5) is 0 Å². The van der Waals surface area contributed by atoms with Crippen molar-refractivity contribution in [3.8, 4) is 11.8 Å². The summed E-state index contributed by atoms with van der Waals surface area (Å²) in [5.41, 5.74) is -0.000946. The molecule has 168 valence electrons. The fraction of sp³-hybridized carbons (Fsp3) is 0.885. The van der Waals surface area contributed by atoms with Crippen molar-refractivity contribution in [3.05, 3.63) is 0 Å². The molecule has 0 radical (unpaired) electrons. The maximum absolute atomic E-state index is 12.9. The van der Waals surface area contributed by atoms with Gasteiger partial charge in [0, 0.05) is 19.4 Å². The molecule has 3 saturated carbocycles. The van der Waals surface area contributed by atoms with Crippen LogP contribution in [0.25, 0.3) is 0 Å². The van der Waals surface area contributed by atoms with Crippen LogP contribution in [0, 0.1) is 52.3 Å². The van der Waals surface area contributed by atoms with Crippen LogP contribution in [-0.4, -0.2) is 32.1 Å². The average Bonchev–Trinajstić information content (AvgIpc) is 2.96. The molecule has 4 nitrogen and oxygen atoms in total. The second-order valence-corrected chi connectivity index (χ2v) is 11.2. The van der Waals surface area contributed by atoms with Gasteiger partial charge < -0.3 is 14.2 Å². The van der Waals surface area contributed by atoms with Crippen molar-refractivity contribution in [2.24, 2.45) is 40.4 Å². The highest BCUT2D eigenvalue weighted by Gasteiger charge is 2.64. The average molecular weight is 417 g/mol. The van der Waals surface area contributed by atoms with Crippen LogP contribution in [0.5, 0.6) is 0 Å². The first kappa shape index (κ1) is 22.2. The van der Waals surface area contributed by atoms with Gasteiger partial charge in [-0.25, -0.2) is 0 Å². The minimum Gasteiger partial charge on any atom is -0.448 e. The summed E-state index contributed by atoms with van der Waals surface area (Å²) in [4.78, 5) is 12.9. The topological polar surface area (TPSA) is 44.8 Å². The maximum atomic E-state index is 12.9. The summed E-state index contributed by atoms with van der Waals surface area (Å²) in [5.74, 6) is 9.44. The standard InChI is InChI=1S/C26H40O4/c1-17(2)7-6-8-22-23-20-10-9-18-15-19(29-16-28-5)11-13-25(18,3)21(20)12-14-26(23,4)24(27)30-22/h17-23H,7,9-16H2,1-5H3/t18-,19-,20+,21-,22-,23-,25-,26-/m0/s1. The minimum absolute atomic E-state index is 0.00116. The smallest absolute Gasteiger partial charge is 0.313 e. The number of carbonyl (C=O) groups excluding carboxylic acids is 1. The van der Waals surface area contributed by atoms with Gasteiger partial charge in [-0.15, -0.1) is 0 Å². The zero-order valence-electron chi connectivity index (χ0n) is 19.5. The molecule has 0 bridgehead atoms. The molecular formula is C26H40O4. The third-order valence-corrected chi connectivity index (χ3v) is 9.07. The summed E-state index contributed by atoms with van der Waals surface area (Å²) in [7, 11) is 1.70. The molecule has 4 rings (SSSR count). The molecular weight excluding hydrogens is 376 g/mol. The van der Waals surface area contributed by atoms with Crippen molar-refractivity contribution in [1.82, 2.24) is 0 Å². The maximum Gasteiger partial charge on any atom is 0.313 e. The molecule has 0 spiro atoms. The lowest BCUT2D eigenvalue weighted by atomic mass is 9.44. The highest BCUT2D eigenvalue weighted by atomic mass is 16.7. The number of ether oxygens (including phenoxy) is 3. The largest absolute Gasteiger partial charge is 0.448 e. The Balaban J connectivity index is 1.55. The van der Waals surface area contributed by atoms with Crippen molar-refractivity contribution < 1.29 is 19.0 Å². The van der Waals surface area contributed by atoms with Crippen molar-refractivity contribution in [1.29, 1.82) is 0 Å². The highest BCUT2D eigenvalue weighted by Crippen LogP contribution is 2.65. The second kappa shape index (κ2) is 8.47. The van der Waals surface area contributed by atoms with E-state index in [4.69, 9.17) is 14.2 Å². The molecule has 4 fully saturated rings. The fourth-order valence-electron chi connectivity index (χ4n) is 7.39. The second-order valence-electron chi connectivity index (χ2n) is 11.2. The van der Waals surface area contributed by atoms with Crippen LogP contribution in [0.2, 0.25) is 0 Å². The van der Waals surface area contributed by atoms with Crippen molar-refractivity contribution >= 4 is 5.97 Å². The van der Waals surface area contributed by atoms with Gasteiger partial charge in [-0.1, -0.05) is 32.6 Å². The molecule has 30 heavy (non-hydrogen) atoms. The van der Waals surface area contributed by atoms with Gasteiger partial charge in [0.2, 0.25) is 0 Å². The Morgan fingerprint density at radius 2 is 1.97 bits per heavy atom. The molecule has 0 aromatic heterocycles. The number of esters is 1. The van der Waals surface area contributed by atoms with E-state index < -0.39 is 0 Å². The van der Waals surface area contributed by atoms with E-state index in [1.807, 2.05) is 0 Å². The Labute approximate surface area is 182 Å². The Kier molecular flexibility index (Phi) is 6.26. The van der Waals surface area contributed by atoms with E-state index in [1.165, 1.54) is 19.3 Å². The van der Waals surface area contributed by atoms with Crippen LogP contribution in [0.15, 0.2) is 0 Å². The zero-order chi connectivity index (χ0) is 21.5. The molecule has 1 aliphatic heterocycles. The lowest BCUT2D eigenvalue weighted by Crippen LogP contribution is -2.55. The first-order chi connectivity index (χ1) is 14.3. The highest BCUT2D eigenvalue weighted by molar-refractivity contribution is 5.80. The number of cyclic esters (lactones) is 1. The number of hydrogen-bond donors (Lipinski definition) is 0. The number of fused-ring (bicyclic) bond motifs is 5. The van der Waals surface area contributed by atoms with Crippen LogP contribution >= 0.6 is 0 Å². The molecule has 0 aromatic carbocycles. The molecule has 3 aliphatic carbocycles. The number of carbonyl (C=O) groups is 1. The van der Waals surface area contributed by atoms with Crippen molar-refractivity contribution in [2.75, 3.05) is 13.9 Å². The van der Waals surface area contributed by atoms with Gasteiger partial charge in [0.1, 0.15) is 6.79 Å². The summed E-state index contributed by atoms with van der Waals surface area (Å²) in [6, 6.07) is 0. The monoisotopic (exact) mass is 416 g/mol. The molecule has 8 atom stereocenters. The molecule has 4 heteroatoms. The fourth-order valence-corrected chi connectivity index (χ4v) is 7.39. The van der Waals surface area contributed by atoms with Gasteiger partial charge in [0.05, 0.1) is 11.5 Å². The van der Waals surface area contributed by atoms with E-state index in [-0.39, 0.29) is 23.4 Å². The van der Waals surface area contributed by atoms with Gasteiger partial charge in [0.25, 0.3) is 0 Å². The minimum atomic E-state index is -0.347. The first-order valence-corrected chi connectivity index (χ1v) is 12.1. The van der Waals surface area contributed by atoms with Gasteiger partial charge in [-0.2, -0.15) is 0 Å². The van der Waals surface area contributed by atoms with Crippen molar-refractivity contribution in [3.63, 3.8) is 0 Å². The van der Waals surface area contributed by atoms with Crippen LogP contribution in [-0.2, 0) is 19.0 Å². The van der Waals surface area contributed by atoms with Crippen molar-refractivity contribution in [2.45, 2.75) is 91.3 Å². The van der Waals surface area contributed by atoms with Gasteiger partial charge in [-0.3, -0.25) is 4.79 Å². The lowest BCUT2D eigenvalue weighted by Gasteiger charge is -2.59. The molecule has 0 N–H and O–H groups in total. The Hall–Kier alpha value is -1.05. The molecule has 0 unspecified atom stereocenters. The van der Waals surface area contributed by atoms with E-state index in [0.29, 0.717) is 42.0 Å². The summed E-state index contributed by atoms with van der Waals surface area (Å²) in [6.45, 7) is 9.46. The van der Waals surface area contributed by atoms with E-state index in [1.54, 1.807) is 7.11 Å². The normalized spacial score (nSPS) is 45.1. The Bertz CT molecular complexity index is 706. The first-order valence-electron chi connectivity index (χ1n) is 12.1. The molecule has 0 amide bonds. The van der Waals surface area contributed by atoms with Crippen LogP contribution in [0.1, 0.15) is 79.1 Å². The SMILES string of the molecule is COCO[C@H]1CC[C@@]2(C)[C@@H](CC[C@H]3[C@H]4[C@H](C#CCC(C)C)OC(=O)[C@@]4(C)CC[C@@H]32)C1. The molecule has 4 aliphatic rings. The van der Waals surface area contributed by atoms with E-state index in [2.05, 4.69) is 39.5 Å². The Morgan fingerprint density at radius 3 is 2.70 bits per heavy atom. The molecule has 1 heterocycles. The Morgan fingerprint density at radius 1 is 1.17 bits per heavy atom. The summed E-state index contributed by atoms with van der Waals surface area (Å²) in [5, 5.41) is 0. The zero-order valence-corrected chi connectivity index (χ0v) is 19.5. The van der Waals surface area contributed by atoms with Crippen LogP contribution in [0.3, 0.4) is 0 Å². The summed E-state index contributed by atoms with van der Waals surface area (Å²) < 4.78 is 17.0. The van der Waals surface area contributed by atoms with E-state index in [9.17, 15) is 4.79 Å². The van der Waals surface area contributed by atoms with Gasteiger partial charge >= 0.3 is 5.97 Å². The van der Waals surface area contributed by atoms with E-state index in [0.717, 1.165) is 32.1 Å². The number of hydrogen-bond acceptors (Lipinski definition) is 4. The van der Waals surface area contributed by atoms with Gasteiger partial charge in [0.15, 0.2) is 6.10 Å². The summed E-state index contributed by atoms with van der Waals surface area (Å²) >= 11 is 0. The van der Waals surface area contributed by atoms with Gasteiger partial charge in [-0.05, 0) is 81.0 Å².